The predicted octanol–water partition coefficient (Wildman–Crippen LogP) is -0.0176. The normalized spacial score (nSPS) is 28.2. The van der Waals surface area contributed by atoms with Crippen LogP contribution in [0.25, 0.3) is 0 Å². The zero-order valence-electron chi connectivity index (χ0n) is 13.9. The molecule has 24 heavy (non-hydrogen) atoms. The van der Waals surface area contributed by atoms with Gasteiger partial charge >= 0.3 is 5.97 Å². The van der Waals surface area contributed by atoms with Gasteiger partial charge in [0.25, 0.3) is 0 Å². The Morgan fingerprint density at radius 2 is 1.79 bits per heavy atom. The molecule has 0 bridgehead atoms. The number of carboxylic acids is 1. The second-order valence-electron chi connectivity index (χ2n) is 6.19. The number of hydrogen-bond acceptors (Lipinski definition) is 5. The molecule has 1 heterocycles. The number of aliphatic hydroxyl groups excluding tert-OH is 1. The van der Waals surface area contributed by atoms with Crippen LogP contribution in [0.15, 0.2) is 0 Å². The number of aliphatic carboxylic acids is 1. The molecule has 0 radical (unpaired) electrons. The van der Waals surface area contributed by atoms with Crippen molar-refractivity contribution in [3.8, 4) is 0 Å². The number of aliphatic hydroxyl groups is 1. The second kappa shape index (κ2) is 10.0. The highest BCUT2D eigenvalue weighted by Crippen LogP contribution is 2.17. The molecule has 3 atom stereocenters. The molecule has 136 valence electrons. The molecule has 1 saturated heterocycles. The van der Waals surface area contributed by atoms with Crippen molar-refractivity contribution in [3.63, 3.8) is 0 Å². The highest BCUT2D eigenvalue weighted by molar-refractivity contribution is 5.93. The number of carboxylic acid groups (broad SMARTS) is 1. The molecule has 1 rings (SSSR count). The van der Waals surface area contributed by atoms with Crippen LogP contribution in [0.5, 0.6) is 0 Å². The molecule has 0 aromatic rings. The van der Waals surface area contributed by atoms with E-state index < -0.39 is 36.5 Å². The van der Waals surface area contributed by atoms with E-state index in [1.807, 2.05) is 0 Å². The van der Waals surface area contributed by atoms with Crippen LogP contribution >= 0.6 is 0 Å². The van der Waals surface area contributed by atoms with Crippen LogP contribution in [0.4, 0.5) is 0 Å². The average molecular weight is 342 g/mol. The van der Waals surface area contributed by atoms with Crippen LogP contribution in [-0.4, -0.2) is 52.5 Å². The smallest absolute Gasteiger partial charge is 0.306 e. The van der Waals surface area contributed by atoms with Gasteiger partial charge in [-0.3, -0.25) is 19.2 Å². The van der Waals surface area contributed by atoms with Gasteiger partial charge in [0, 0.05) is 12.8 Å². The Bertz CT molecular complexity index is 479. The summed E-state index contributed by atoms with van der Waals surface area (Å²) in [5.41, 5.74) is 0. The average Bonchev–Trinajstić information content (AvgIpc) is 2.53. The van der Waals surface area contributed by atoms with Gasteiger partial charge in [0.2, 0.25) is 11.8 Å². The van der Waals surface area contributed by atoms with Gasteiger partial charge in [-0.05, 0) is 19.8 Å². The largest absolute Gasteiger partial charge is 0.481 e. The molecule has 0 spiro atoms. The summed E-state index contributed by atoms with van der Waals surface area (Å²) in [5.74, 6) is -3.16. The summed E-state index contributed by atoms with van der Waals surface area (Å²) in [5, 5.41) is 23.4. The predicted molar refractivity (Wildman–Crippen MR) is 85.1 cm³/mol. The Balaban J connectivity index is 2.82. The molecule has 4 N–H and O–H groups in total. The van der Waals surface area contributed by atoms with Gasteiger partial charge in [0.15, 0.2) is 5.78 Å². The Morgan fingerprint density at radius 1 is 1.12 bits per heavy atom. The fraction of sp³-hybridized carbons (Fsp3) is 0.750. The first-order valence-corrected chi connectivity index (χ1v) is 8.31. The summed E-state index contributed by atoms with van der Waals surface area (Å²) >= 11 is 0. The minimum absolute atomic E-state index is 0.146. The van der Waals surface area contributed by atoms with Gasteiger partial charge in [0.05, 0.1) is 18.6 Å². The lowest BCUT2D eigenvalue weighted by Crippen LogP contribution is -2.52. The van der Waals surface area contributed by atoms with E-state index in [1.165, 1.54) is 6.92 Å². The van der Waals surface area contributed by atoms with Crippen molar-refractivity contribution < 1.29 is 29.4 Å². The van der Waals surface area contributed by atoms with E-state index in [4.69, 9.17) is 0 Å². The van der Waals surface area contributed by atoms with Gasteiger partial charge in [-0.2, -0.15) is 0 Å². The molecular weight excluding hydrogens is 316 g/mol. The molecule has 1 fully saturated rings. The molecule has 0 aromatic carbocycles. The number of nitrogens with one attached hydrogen (secondary N) is 2. The van der Waals surface area contributed by atoms with E-state index in [9.17, 15) is 29.4 Å². The standard InChI is InChI=1S/C16H26N2O6/c1-10-13(20)8-11(16(23)24)6-4-2-3-5-7-14(21)18-12(9-19)15(22)17-10/h10-12,19H,2-9H2,1H3,(H,17,22)(H,18,21)(H,23,24)/t10-,11-,12-/m0/s1. The molecule has 0 aliphatic carbocycles. The first-order chi connectivity index (χ1) is 11.3. The first kappa shape index (κ1) is 20.1. The van der Waals surface area contributed by atoms with E-state index in [0.29, 0.717) is 19.3 Å². The summed E-state index contributed by atoms with van der Waals surface area (Å²) in [6.07, 6.45) is 3.33. The van der Waals surface area contributed by atoms with Crippen LogP contribution < -0.4 is 10.6 Å². The highest BCUT2D eigenvalue weighted by Gasteiger charge is 2.27. The SMILES string of the molecule is C[C@@H]1NC(=O)[C@H](CO)NC(=O)CCCCCC[C@H](C(=O)O)CC1=O. The summed E-state index contributed by atoms with van der Waals surface area (Å²) in [6.45, 7) is 0.893. The molecule has 8 heteroatoms. The van der Waals surface area contributed by atoms with Crippen LogP contribution in [0.2, 0.25) is 0 Å². The number of rotatable bonds is 2. The van der Waals surface area contributed by atoms with Gasteiger partial charge in [-0.25, -0.2) is 0 Å². The van der Waals surface area contributed by atoms with Crippen molar-refractivity contribution in [1.82, 2.24) is 10.6 Å². The number of carbonyl (C=O) groups excluding carboxylic acids is 3. The van der Waals surface area contributed by atoms with Crippen molar-refractivity contribution in [2.75, 3.05) is 6.61 Å². The summed E-state index contributed by atoms with van der Waals surface area (Å²) in [4.78, 5) is 47.2. The highest BCUT2D eigenvalue weighted by atomic mass is 16.4. The van der Waals surface area contributed by atoms with Gasteiger partial charge < -0.3 is 20.8 Å². The third-order valence-corrected chi connectivity index (χ3v) is 4.18. The van der Waals surface area contributed by atoms with Crippen molar-refractivity contribution >= 4 is 23.6 Å². The van der Waals surface area contributed by atoms with E-state index in [0.717, 1.165) is 12.8 Å². The minimum atomic E-state index is -1.12. The number of Topliss-reactive ketones (excluding diaryl/α,β-unsaturated/α-hetero) is 1. The molecule has 0 saturated carbocycles. The third-order valence-electron chi connectivity index (χ3n) is 4.18. The van der Waals surface area contributed by atoms with Crippen molar-refractivity contribution in [2.45, 2.75) is 64.0 Å². The number of ketones is 1. The molecule has 1 aliphatic heterocycles. The molecule has 2 amide bonds. The second-order valence-corrected chi connectivity index (χ2v) is 6.19. The summed E-state index contributed by atoms with van der Waals surface area (Å²) < 4.78 is 0. The number of amides is 2. The van der Waals surface area contributed by atoms with E-state index in [2.05, 4.69) is 10.6 Å². The van der Waals surface area contributed by atoms with Gasteiger partial charge in [0.1, 0.15) is 6.04 Å². The topological polar surface area (TPSA) is 133 Å². The fourth-order valence-electron chi connectivity index (χ4n) is 2.62. The summed E-state index contributed by atoms with van der Waals surface area (Å²) in [6, 6.07) is -2.00. The van der Waals surface area contributed by atoms with Crippen LogP contribution in [0, 0.1) is 5.92 Å². The van der Waals surface area contributed by atoms with Crippen molar-refractivity contribution in [3.05, 3.63) is 0 Å². The van der Waals surface area contributed by atoms with Gasteiger partial charge in [-0.15, -0.1) is 0 Å². The zero-order chi connectivity index (χ0) is 18.1. The van der Waals surface area contributed by atoms with E-state index in [-0.39, 0.29) is 24.5 Å². The van der Waals surface area contributed by atoms with Crippen LogP contribution in [0.3, 0.4) is 0 Å². The lowest BCUT2D eigenvalue weighted by atomic mass is 9.93. The lowest BCUT2D eigenvalue weighted by Gasteiger charge is -2.20. The Hall–Kier alpha value is -1.96. The van der Waals surface area contributed by atoms with Crippen LogP contribution in [-0.2, 0) is 19.2 Å². The summed E-state index contributed by atoms with van der Waals surface area (Å²) in [7, 11) is 0. The monoisotopic (exact) mass is 342 g/mol. The third kappa shape index (κ3) is 6.66. The lowest BCUT2D eigenvalue weighted by molar-refractivity contribution is -0.144. The van der Waals surface area contributed by atoms with Crippen LogP contribution in [0.1, 0.15) is 51.9 Å². The Labute approximate surface area is 141 Å². The maximum absolute atomic E-state index is 12.1. The molecule has 0 aromatic heterocycles. The Morgan fingerprint density at radius 3 is 2.42 bits per heavy atom. The fourth-order valence-corrected chi connectivity index (χ4v) is 2.62. The number of carbonyl (C=O) groups is 4. The zero-order valence-corrected chi connectivity index (χ0v) is 13.9. The molecule has 0 unspecified atom stereocenters. The minimum Gasteiger partial charge on any atom is -0.481 e. The quantitative estimate of drug-likeness (QED) is 0.557. The molecule has 8 nitrogen and oxygen atoms in total. The van der Waals surface area contributed by atoms with Crippen molar-refractivity contribution in [2.24, 2.45) is 5.92 Å². The maximum atomic E-state index is 12.1. The first-order valence-electron chi connectivity index (χ1n) is 8.31. The van der Waals surface area contributed by atoms with Gasteiger partial charge in [-0.1, -0.05) is 19.3 Å². The number of hydrogen-bond donors (Lipinski definition) is 4. The van der Waals surface area contributed by atoms with Crippen molar-refractivity contribution in [1.29, 1.82) is 0 Å². The van der Waals surface area contributed by atoms with E-state index >= 15 is 0 Å². The Kier molecular flexibility index (Phi) is 8.39. The van der Waals surface area contributed by atoms with E-state index in [1.54, 1.807) is 0 Å². The molecule has 1 aliphatic rings. The molecular formula is C16H26N2O6. The maximum Gasteiger partial charge on any atom is 0.306 e.